The maximum absolute atomic E-state index is 11.8. The summed E-state index contributed by atoms with van der Waals surface area (Å²) in [6, 6.07) is 3.07. The maximum atomic E-state index is 11.8. The van der Waals surface area contributed by atoms with E-state index in [2.05, 4.69) is 10.3 Å². The Hall–Kier alpha value is -1.95. The Balaban J connectivity index is 1.82. The number of carboxylic acid groups (broad SMARTS) is 1. The average molecular weight is 277 g/mol. The zero-order valence-corrected chi connectivity index (χ0v) is 11.3. The van der Waals surface area contributed by atoms with Crippen molar-refractivity contribution in [2.45, 2.75) is 44.2 Å². The van der Waals surface area contributed by atoms with Crippen molar-refractivity contribution in [3.8, 4) is 0 Å². The first-order valence-corrected chi connectivity index (χ1v) is 6.72. The molecule has 0 spiro atoms. The van der Waals surface area contributed by atoms with E-state index in [0.717, 1.165) is 31.2 Å². The molecule has 1 fully saturated rings. The van der Waals surface area contributed by atoms with Crippen molar-refractivity contribution in [1.29, 1.82) is 0 Å². The van der Waals surface area contributed by atoms with Gasteiger partial charge in [0.1, 0.15) is 5.69 Å². The number of carboxylic acids is 1. The molecule has 0 bridgehead atoms. The highest BCUT2D eigenvalue weighted by Crippen LogP contribution is 2.29. The van der Waals surface area contributed by atoms with Crippen LogP contribution in [0.1, 0.15) is 48.2 Å². The molecule has 1 saturated carbocycles. The molecule has 0 aliphatic heterocycles. The summed E-state index contributed by atoms with van der Waals surface area (Å²) < 4.78 is 0. The van der Waals surface area contributed by atoms with Crippen molar-refractivity contribution in [3.63, 3.8) is 0 Å². The molecule has 0 aromatic carbocycles. The van der Waals surface area contributed by atoms with Gasteiger partial charge in [0.2, 0.25) is 5.91 Å². The zero-order chi connectivity index (χ0) is 14.6. The number of carbonyl (C=O) groups is 2. The number of carbonyl (C=O) groups excluding carboxylic acids is 1. The summed E-state index contributed by atoms with van der Waals surface area (Å²) in [5, 5.41) is 11.5. The van der Waals surface area contributed by atoms with Gasteiger partial charge in [0.15, 0.2) is 0 Å². The van der Waals surface area contributed by atoms with Crippen LogP contribution in [0.2, 0.25) is 0 Å². The number of aromatic nitrogens is 1. The Kier molecular flexibility index (Phi) is 4.34. The van der Waals surface area contributed by atoms with Gasteiger partial charge in [0.05, 0.1) is 0 Å². The lowest BCUT2D eigenvalue weighted by Gasteiger charge is -2.22. The van der Waals surface area contributed by atoms with Gasteiger partial charge in [-0.1, -0.05) is 18.9 Å². The Morgan fingerprint density at radius 1 is 1.35 bits per heavy atom. The predicted molar refractivity (Wildman–Crippen MR) is 73.0 cm³/mol. The predicted octanol–water partition coefficient (Wildman–Crippen LogP) is 1.06. The number of nitrogens with one attached hydrogen (secondary N) is 1. The summed E-state index contributed by atoms with van der Waals surface area (Å²) in [5.41, 5.74) is 6.55. The third kappa shape index (κ3) is 3.77. The molecule has 0 atom stereocenters. The fourth-order valence-corrected chi connectivity index (χ4v) is 2.49. The molecule has 6 nitrogen and oxygen atoms in total. The second-order valence-electron chi connectivity index (χ2n) is 5.38. The molecule has 1 heterocycles. The van der Waals surface area contributed by atoms with E-state index in [4.69, 9.17) is 10.8 Å². The average Bonchev–Trinajstić information content (AvgIpc) is 2.83. The van der Waals surface area contributed by atoms with E-state index < -0.39 is 5.97 Å². The second kappa shape index (κ2) is 6.00. The van der Waals surface area contributed by atoms with Crippen LogP contribution in [0.15, 0.2) is 18.3 Å². The van der Waals surface area contributed by atoms with Crippen LogP contribution in [0.4, 0.5) is 0 Å². The molecular formula is C14H19N3O3. The van der Waals surface area contributed by atoms with Crippen LogP contribution in [0.3, 0.4) is 0 Å². The standard InChI is InChI=1S/C14H19N3O3/c15-14(5-1-2-6-14)7-12(18)17-9-10-3-4-11(13(19)20)16-8-10/h3-4,8H,1-2,5-7,9,15H2,(H,17,18)(H,19,20). The van der Waals surface area contributed by atoms with Crippen LogP contribution in [0, 0.1) is 0 Å². The van der Waals surface area contributed by atoms with E-state index in [1.165, 1.54) is 12.3 Å². The van der Waals surface area contributed by atoms with Gasteiger partial charge in [-0.15, -0.1) is 0 Å². The third-order valence-corrected chi connectivity index (χ3v) is 3.65. The van der Waals surface area contributed by atoms with E-state index in [1.54, 1.807) is 6.07 Å². The highest BCUT2D eigenvalue weighted by molar-refractivity contribution is 5.85. The van der Waals surface area contributed by atoms with Crippen molar-refractivity contribution in [2.75, 3.05) is 0 Å². The molecule has 1 aliphatic rings. The van der Waals surface area contributed by atoms with Crippen molar-refractivity contribution < 1.29 is 14.7 Å². The SMILES string of the molecule is NC1(CC(=O)NCc2ccc(C(=O)O)nc2)CCCC1. The monoisotopic (exact) mass is 277 g/mol. The van der Waals surface area contributed by atoms with Gasteiger partial charge in [-0.3, -0.25) is 4.79 Å². The largest absolute Gasteiger partial charge is 0.477 e. The Labute approximate surface area is 117 Å². The molecule has 1 aromatic rings. The molecule has 4 N–H and O–H groups in total. The number of hydrogen-bond acceptors (Lipinski definition) is 4. The molecule has 1 aliphatic carbocycles. The van der Waals surface area contributed by atoms with Gasteiger partial charge in [0, 0.05) is 24.7 Å². The van der Waals surface area contributed by atoms with Crippen LogP contribution >= 0.6 is 0 Å². The van der Waals surface area contributed by atoms with Crippen LogP contribution in [0.25, 0.3) is 0 Å². The Morgan fingerprint density at radius 2 is 2.05 bits per heavy atom. The lowest BCUT2D eigenvalue weighted by Crippen LogP contribution is -2.42. The number of nitrogens with two attached hydrogens (primary N) is 1. The molecule has 1 aromatic heterocycles. The zero-order valence-electron chi connectivity index (χ0n) is 11.3. The van der Waals surface area contributed by atoms with Crippen molar-refractivity contribution in [1.82, 2.24) is 10.3 Å². The van der Waals surface area contributed by atoms with Gasteiger partial charge >= 0.3 is 5.97 Å². The number of pyridine rings is 1. The van der Waals surface area contributed by atoms with Crippen LogP contribution in [0.5, 0.6) is 0 Å². The van der Waals surface area contributed by atoms with Crippen molar-refractivity contribution in [3.05, 3.63) is 29.6 Å². The first-order chi connectivity index (χ1) is 9.48. The fraction of sp³-hybridized carbons (Fsp3) is 0.500. The molecule has 0 radical (unpaired) electrons. The lowest BCUT2D eigenvalue weighted by atomic mass is 9.94. The molecular weight excluding hydrogens is 258 g/mol. The first-order valence-electron chi connectivity index (χ1n) is 6.72. The van der Waals surface area contributed by atoms with E-state index in [0.29, 0.717) is 13.0 Å². The molecule has 0 unspecified atom stereocenters. The summed E-state index contributed by atoms with van der Waals surface area (Å²) >= 11 is 0. The summed E-state index contributed by atoms with van der Waals surface area (Å²) in [6.45, 7) is 0.335. The number of amides is 1. The van der Waals surface area contributed by atoms with Gasteiger partial charge in [-0.25, -0.2) is 9.78 Å². The van der Waals surface area contributed by atoms with Gasteiger partial charge in [0.25, 0.3) is 0 Å². The highest BCUT2D eigenvalue weighted by Gasteiger charge is 2.31. The van der Waals surface area contributed by atoms with Crippen molar-refractivity contribution >= 4 is 11.9 Å². The van der Waals surface area contributed by atoms with Crippen LogP contribution < -0.4 is 11.1 Å². The van der Waals surface area contributed by atoms with E-state index in [-0.39, 0.29) is 17.1 Å². The van der Waals surface area contributed by atoms with Gasteiger partial charge in [-0.05, 0) is 24.5 Å². The third-order valence-electron chi connectivity index (χ3n) is 3.65. The molecule has 1 amide bonds. The molecule has 108 valence electrons. The Bertz CT molecular complexity index is 493. The minimum Gasteiger partial charge on any atom is -0.477 e. The minimum absolute atomic E-state index is 0.00746. The van der Waals surface area contributed by atoms with E-state index >= 15 is 0 Å². The summed E-state index contributed by atoms with van der Waals surface area (Å²) in [6.07, 6.45) is 5.77. The summed E-state index contributed by atoms with van der Waals surface area (Å²) in [7, 11) is 0. The van der Waals surface area contributed by atoms with Gasteiger partial charge in [-0.2, -0.15) is 0 Å². The number of aromatic carboxylic acids is 1. The Morgan fingerprint density at radius 3 is 2.60 bits per heavy atom. The van der Waals surface area contributed by atoms with Crippen molar-refractivity contribution in [2.24, 2.45) is 5.73 Å². The number of rotatable bonds is 5. The second-order valence-corrected chi connectivity index (χ2v) is 5.38. The van der Waals surface area contributed by atoms with E-state index in [9.17, 15) is 9.59 Å². The molecule has 0 saturated heterocycles. The quantitative estimate of drug-likeness (QED) is 0.746. The summed E-state index contributed by atoms with van der Waals surface area (Å²) in [4.78, 5) is 26.3. The number of hydrogen-bond donors (Lipinski definition) is 3. The van der Waals surface area contributed by atoms with Crippen LogP contribution in [-0.4, -0.2) is 27.5 Å². The topological polar surface area (TPSA) is 105 Å². The maximum Gasteiger partial charge on any atom is 0.354 e. The molecule has 2 rings (SSSR count). The molecule has 20 heavy (non-hydrogen) atoms. The lowest BCUT2D eigenvalue weighted by molar-refractivity contribution is -0.122. The molecule has 6 heteroatoms. The smallest absolute Gasteiger partial charge is 0.354 e. The minimum atomic E-state index is -1.06. The first kappa shape index (κ1) is 14.5. The van der Waals surface area contributed by atoms with Crippen LogP contribution in [-0.2, 0) is 11.3 Å². The fourth-order valence-electron chi connectivity index (χ4n) is 2.49. The van der Waals surface area contributed by atoms with Gasteiger partial charge < -0.3 is 16.2 Å². The normalized spacial score (nSPS) is 16.9. The highest BCUT2D eigenvalue weighted by atomic mass is 16.4. The number of nitrogens with zero attached hydrogens (tertiary/aromatic N) is 1. The van der Waals surface area contributed by atoms with E-state index in [1.807, 2.05) is 0 Å². The summed E-state index contributed by atoms with van der Waals surface area (Å²) in [5.74, 6) is -1.14.